The Labute approximate surface area is 156 Å². The van der Waals surface area contributed by atoms with Gasteiger partial charge in [0.05, 0.1) is 36.7 Å². The van der Waals surface area contributed by atoms with Crippen LogP contribution in [0.15, 0.2) is 30.6 Å². The molecule has 0 saturated heterocycles. The third-order valence-corrected chi connectivity index (χ3v) is 4.72. The van der Waals surface area contributed by atoms with Crippen LogP contribution in [0.2, 0.25) is 0 Å². The fourth-order valence-corrected chi connectivity index (χ4v) is 3.47. The van der Waals surface area contributed by atoms with E-state index in [0.29, 0.717) is 29.2 Å². The van der Waals surface area contributed by atoms with Gasteiger partial charge in [0, 0.05) is 12.1 Å². The average Bonchev–Trinajstić information content (AvgIpc) is 3.31. The standard InChI is InChI=1S/C19H18N6O2/c1-27-19(26)17-15(23-24-8-3-2-7-16(17)24)11-25-18(21-12-22-25)14-6-4-5-13(9-14)10-20/h4-6,9,12H,2-3,7-8,11H2,1H3. The molecule has 0 aliphatic carbocycles. The Morgan fingerprint density at radius 3 is 3.07 bits per heavy atom. The summed E-state index contributed by atoms with van der Waals surface area (Å²) in [7, 11) is 1.38. The minimum Gasteiger partial charge on any atom is -0.465 e. The number of hydrogen-bond donors (Lipinski definition) is 0. The van der Waals surface area contributed by atoms with Crippen molar-refractivity contribution in [1.82, 2.24) is 24.5 Å². The van der Waals surface area contributed by atoms with E-state index < -0.39 is 0 Å². The van der Waals surface area contributed by atoms with Gasteiger partial charge in [0.15, 0.2) is 5.82 Å². The molecular formula is C19H18N6O2. The van der Waals surface area contributed by atoms with E-state index in [1.165, 1.54) is 13.4 Å². The number of hydrogen-bond acceptors (Lipinski definition) is 6. The summed E-state index contributed by atoms with van der Waals surface area (Å²) in [6.07, 6.45) is 4.35. The molecule has 27 heavy (non-hydrogen) atoms. The Balaban J connectivity index is 1.74. The fraction of sp³-hybridized carbons (Fsp3) is 0.316. The van der Waals surface area contributed by atoms with Crippen LogP contribution in [-0.2, 0) is 24.2 Å². The van der Waals surface area contributed by atoms with Crippen LogP contribution in [0.1, 0.15) is 40.2 Å². The van der Waals surface area contributed by atoms with Gasteiger partial charge in [-0.25, -0.2) is 14.5 Å². The Bertz CT molecular complexity index is 1040. The van der Waals surface area contributed by atoms with E-state index >= 15 is 0 Å². The molecule has 136 valence electrons. The lowest BCUT2D eigenvalue weighted by atomic mass is 10.0. The molecule has 2 aromatic heterocycles. The van der Waals surface area contributed by atoms with Crippen molar-refractivity contribution in [2.75, 3.05) is 7.11 Å². The number of fused-ring (bicyclic) bond motifs is 1. The van der Waals surface area contributed by atoms with Crippen molar-refractivity contribution in [3.8, 4) is 17.5 Å². The molecule has 0 bridgehead atoms. The highest BCUT2D eigenvalue weighted by molar-refractivity contribution is 5.92. The van der Waals surface area contributed by atoms with Gasteiger partial charge in [-0.05, 0) is 31.4 Å². The molecule has 0 amide bonds. The van der Waals surface area contributed by atoms with E-state index in [1.54, 1.807) is 16.8 Å². The van der Waals surface area contributed by atoms with Gasteiger partial charge in [0.2, 0.25) is 0 Å². The smallest absolute Gasteiger partial charge is 0.341 e. The molecule has 1 aromatic carbocycles. The predicted octanol–water partition coefficient (Wildman–Crippen LogP) is 2.18. The first-order valence-corrected chi connectivity index (χ1v) is 8.76. The summed E-state index contributed by atoms with van der Waals surface area (Å²) in [6, 6.07) is 9.32. The zero-order valence-corrected chi connectivity index (χ0v) is 14.9. The second kappa shape index (κ2) is 7.03. The van der Waals surface area contributed by atoms with Crippen molar-refractivity contribution in [3.63, 3.8) is 0 Å². The molecule has 1 aliphatic heterocycles. The number of ether oxygens (including phenoxy) is 1. The molecule has 3 heterocycles. The van der Waals surface area contributed by atoms with E-state index in [2.05, 4.69) is 21.3 Å². The fourth-order valence-electron chi connectivity index (χ4n) is 3.47. The third-order valence-electron chi connectivity index (χ3n) is 4.72. The van der Waals surface area contributed by atoms with Gasteiger partial charge < -0.3 is 4.74 Å². The number of esters is 1. The number of methoxy groups -OCH3 is 1. The molecule has 8 nitrogen and oxygen atoms in total. The van der Waals surface area contributed by atoms with Crippen molar-refractivity contribution in [2.24, 2.45) is 0 Å². The van der Waals surface area contributed by atoms with E-state index in [-0.39, 0.29) is 5.97 Å². The maximum Gasteiger partial charge on any atom is 0.341 e. The summed E-state index contributed by atoms with van der Waals surface area (Å²) in [6.45, 7) is 1.10. The SMILES string of the molecule is COC(=O)c1c(Cn2ncnc2-c2cccc(C#N)c2)nn2c1CCCC2. The minimum atomic E-state index is -0.374. The number of carbonyl (C=O) groups excluding carboxylic acids is 1. The summed E-state index contributed by atoms with van der Waals surface area (Å²) in [5.41, 5.74) is 3.42. The van der Waals surface area contributed by atoms with E-state index in [1.807, 2.05) is 16.8 Å². The van der Waals surface area contributed by atoms with Gasteiger partial charge in [0.1, 0.15) is 11.9 Å². The predicted molar refractivity (Wildman–Crippen MR) is 95.8 cm³/mol. The van der Waals surface area contributed by atoms with Crippen LogP contribution >= 0.6 is 0 Å². The first-order valence-electron chi connectivity index (χ1n) is 8.76. The lowest BCUT2D eigenvalue weighted by Gasteiger charge is -2.13. The Hall–Kier alpha value is -3.47. The highest BCUT2D eigenvalue weighted by Crippen LogP contribution is 2.25. The molecule has 0 fully saturated rings. The number of aromatic nitrogens is 5. The molecule has 3 aromatic rings. The summed E-state index contributed by atoms with van der Waals surface area (Å²) in [5.74, 6) is 0.246. The highest BCUT2D eigenvalue weighted by atomic mass is 16.5. The summed E-state index contributed by atoms with van der Waals surface area (Å²) >= 11 is 0. The molecule has 8 heteroatoms. The van der Waals surface area contributed by atoms with E-state index in [0.717, 1.165) is 37.1 Å². The van der Waals surface area contributed by atoms with Gasteiger partial charge in [-0.3, -0.25) is 4.68 Å². The quantitative estimate of drug-likeness (QED) is 0.660. The van der Waals surface area contributed by atoms with E-state index in [4.69, 9.17) is 10.00 Å². The van der Waals surface area contributed by atoms with Crippen LogP contribution < -0.4 is 0 Å². The second-order valence-corrected chi connectivity index (χ2v) is 6.37. The van der Waals surface area contributed by atoms with Gasteiger partial charge in [-0.1, -0.05) is 12.1 Å². The van der Waals surface area contributed by atoms with Gasteiger partial charge in [-0.2, -0.15) is 15.5 Å². The number of nitriles is 1. The number of benzene rings is 1. The first-order chi connectivity index (χ1) is 13.2. The van der Waals surface area contributed by atoms with Crippen molar-refractivity contribution in [3.05, 3.63) is 53.1 Å². The van der Waals surface area contributed by atoms with Crippen LogP contribution in [0.25, 0.3) is 11.4 Å². The zero-order chi connectivity index (χ0) is 18.8. The third kappa shape index (κ3) is 3.08. The van der Waals surface area contributed by atoms with Crippen molar-refractivity contribution in [1.29, 1.82) is 5.26 Å². The molecule has 0 spiro atoms. The van der Waals surface area contributed by atoms with Crippen molar-refractivity contribution >= 4 is 5.97 Å². The van der Waals surface area contributed by atoms with Gasteiger partial charge in [0.25, 0.3) is 0 Å². The minimum absolute atomic E-state index is 0.302. The number of rotatable bonds is 4. The molecule has 0 unspecified atom stereocenters. The molecule has 4 rings (SSSR count). The second-order valence-electron chi connectivity index (χ2n) is 6.37. The lowest BCUT2D eigenvalue weighted by molar-refractivity contribution is 0.0597. The maximum atomic E-state index is 12.4. The van der Waals surface area contributed by atoms with Crippen LogP contribution in [-0.4, -0.2) is 37.6 Å². The van der Waals surface area contributed by atoms with E-state index in [9.17, 15) is 4.79 Å². The van der Waals surface area contributed by atoms with Crippen molar-refractivity contribution < 1.29 is 9.53 Å². The molecule has 1 aliphatic rings. The number of carbonyl (C=O) groups is 1. The molecule has 0 N–H and O–H groups in total. The summed E-state index contributed by atoms with van der Waals surface area (Å²) in [5, 5.41) is 18.1. The number of aryl methyl sites for hydroxylation is 1. The normalized spacial score (nSPS) is 13.0. The van der Waals surface area contributed by atoms with Crippen LogP contribution in [0.5, 0.6) is 0 Å². The van der Waals surface area contributed by atoms with Crippen molar-refractivity contribution in [2.45, 2.75) is 32.4 Å². The summed E-state index contributed by atoms with van der Waals surface area (Å²) < 4.78 is 8.58. The van der Waals surface area contributed by atoms with Crippen LogP contribution in [0, 0.1) is 11.3 Å². The lowest BCUT2D eigenvalue weighted by Crippen LogP contribution is -2.14. The molecular weight excluding hydrogens is 344 g/mol. The largest absolute Gasteiger partial charge is 0.465 e. The molecule has 0 saturated carbocycles. The molecule has 0 radical (unpaired) electrons. The Morgan fingerprint density at radius 1 is 1.37 bits per heavy atom. The molecule has 0 atom stereocenters. The summed E-state index contributed by atoms with van der Waals surface area (Å²) in [4.78, 5) is 16.7. The highest BCUT2D eigenvalue weighted by Gasteiger charge is 2.26. The van der Waals surface area contributed by atoms with Gasteiger partial charge >= 0.3 is 5.97 Å². The number of nitrogens with zero attached hydrogens (tertiary/aromatic N) is 6. The average molecular weight is 362 g/mol. The zero-order valence-electron chi connectivity index (χ0n) is 14.9. The van der Waals surface area contributed by atoms with Crippen LogP contribution in [0.3, 0.4) is 0 Å². The monoisotopic (exact) mass is 362 g/mol. The van der Waals surface area contributed by atoms with Gasteiger partial charge in [-0.15, -0.1) is 0 Å². The van der Waals surface area contributed by atoms with Crippen LogP contribution in [0.4, 0.5) is 0 Å². The Kier molecular flexibility index (Phi) is 4.42. The maximum absolute atomic E-state index is 12.4. The first kappa shape index (κ1) is 17.0. The Morgan fingerprint density at radius 2 is 2.26 bits per heavy atom. The topological polar surface area (TPSA) is 98.6 Å².